The van der Waals surface area contributed by atoms with Crippen LogP contribution < -0.4 is 10.1 Å². The highest BCUT2D eigenvalue weighted by atomic mass is 16.5. The van der Waals surface area contributed by atoms with Gasteiger partial charge >= 0.3 is 5.97 Å². The van der Waals surface area contributed by atoms with Crippen molar-refractivity contribution in [2.75, 3.05) is 11.9 Å². The number of benzene rings is 1. The summed E-state index contributed by atoms with van der Waals surface area (Å²) in [6.07, 6.45) is 0.503. The van der Waals surface area contributed by atoms with Gasteiger partial charge in [-0.25, -0.2) is 4.79 Å². The smallest absolute Gasteiger partial charge is 0.341 e. The Bertz CT molecular complexity index is 337. The molecule has 0 bridgehead atoms. The number of para-hydroxylation sites is 2. The Hall–Kier alpha value is -2.04. The lowest BCUT2D eigenvalue weighted by Gasteiger charge is -2.07. The first-order valence-corrected chi connectivity index (χ1v) is 3.88. The first-order chi connectivity index (χ1) is 6.74. The Morgan fingerprint density at radius 1 is 1.50 bits per heavy atom. The number of carbonyl (C=O) groups is 2. The molecule has 1 aromatic rings. The summed E-state index contributed by atoms with van der Waals surface area (Å²) in [5.41, 5.74) is 0.448. The van der Waals surface area contributed by atoms with Gasteiger partial charge in [0, 0.05) is 0 Å². The molecule has 74 valence electrons. The second-order valence-electron chi connectivity index (χ2n) is 2.44. The molecule has 2 N–H and O–H groups in total. The number of amides is 1. The van der Waals surface area contributed by atoms with E-state index in [-0.39, 0.29) is 0 Å². The number of hydrogen-bond acceptors (Lipinski definition) is 3. The fourth-order valence-corrected chi connectivity index (χ4v) is 0.915. The lowest BCUT2D eigenvalue weighted by molar-refractivity contribution is -0.139. The van der Waals surface area contributed by atoms with E-state index < -0.39 is 12.6 Å². The number of anilines is 1. The number of nitrogens with one attached hydrogen (secondary N) is 1. The molecule has 5 nitrogen and oxygen atoms in total. The summed E-state index contributed by atoms with van der Waals surface area (Å²) in [6.45, 7) is -0.433. The first kappa shape index (κ1) is 10.0. The largest absolute Gasteiger partial charge is 0.480 e. The van der Waals surface area contributed by atoms with Gasteiger partial charge in [-0.2, -0.15) is 0 Å². The molecule has 0 heterocycles. The zero-order chi connectivity index (χ0) is 10.4. The average Bonchev–Trinajstić information content (AvgIpc) is 2.17. The summed E-state index contributed by atoms with van der Waals surface area (Å²) in [5, 5.41) is 10.8. The van der Waals surface area contributed by atoms with E-state index in [2.05, 4.69) is 5.32 Å². The Labute approximate surface area is 80.3 Å². The SMILES string of the molecule is O=CNc1ccccc1OCC(=O)O. The summed E-state index contributed by atoms with van der Waals surface area (Å²) in [4.78, 5) is 20.4. The van der Waals surface area contributed by atoms with Gasteiger partial charge in [0.05, 0.1) is 5.69 Å². The normalized spacial score (nSPS) is 9.14. The zero-order valence-corrected chi connectivity index (χ0v) is 7.27. The van der Waals surface area contributed by atoms with Crippen LogP contribution in [-0.4, -0.2) is 24.1 Å². The quantitative estimate of drug-likeness (QED) is 0.679. The van der Waals surface area contributed by atoms with E-state index in [9.17, 15) is 9.59 Å². The number of hydrogen-bond donors (Lipinski definition) is 2. The van der Waals surface area contributed by atoms with Crippen molar-refractivity contribution in [1.29, 1.82) is 0 Å². The van der Waals surface area contributed by atoms with Crippen LogP contribution in [0.5, 0.6) is 5.75 Å². The van der Waals surface area contributed by atoms with Crippen molar-refractivity contribution in [2.45, 2.75) is 0 Å². The van der Waals surface area contributed by atoms with Crippen LogP contribution in [0.1, 0.15) is 0 Å². The molecule has 0 aromatic heterocycles. The lowest BCUT2D eigenvalue weighted by atomic mass is 10.3. The Morgan fingerprint density at radius 3 is 2.86 bits per heavy atom. The number of aliphatic carboxylic acids is 1. The monoisotopic (exact) mass is 195 g/mol. The van der Waals surface area contributed by atoms with Gasteiger partial charge < -0.3 is 15.2 Å². The summed E-state index contributed by atoms with van der Waals surface area (Å²) in [7, 11) is 0. The molecule has 0 spiro atoms. The second kappa shape index (κ2) is 4.86. The van der Waals surface area contributed by atoms with E-state index in [1.165, 1.54) is 0 Å². The Balaban J connectivity index is 2.73. The van der Waals surface area contributed by atoms with Crippen LogP contribution in [0.2, 0.25) is 0 Å². The Kier molecular flexibility index (Phi) is 3.49. The molecule has 0 saturated carbocycles. The maximum Gasteiger partial charge on any atom is 0.341 e. The maximum absolute atomic E-state index is 10.2. The zero-order valence-electron chi connectivity index (χ0n) is 7.27. The van der Waals surface area contributed by atoms with Crippen LogP contribution in [0.25, 0.3) is 0 Å². The molecule has 0 aliphatic rings. The summed E-state index contributed by atoms with van der Waals surface area (Å²) < 4.78 is 4.93. The van der Waals surface area contributed by atoms with E-state index in [0.29, 0.717) is 17.8 Å². The van der Waals surface area contributed by atoms with E-state index in [0.717, 1.165) is 0 Å². The number of rotatable bonds is 5. The molecular weight excluding hydrogens is 186 g/mol. The van der Waals surface area contributed by atoms with E-state index in [1.54, 1.807) is 24.3 Å². The van der Waals surface area contributed by atoms with Gasteiger partial charge in [-0.3, -0.25) is 4.79 Å². The van der Waals surface area contributed by atoms with Crippen LogP contribution in [0.15, 0.2) is 24.3 Å². The predicted octanol–water partition coefficient (Wildman–Crippen LogP) is 0.718. The van der Waals surface area contributed by atoms with Crippen molar-refractivity contribution >= 4 is 18.1 Å². The van der Waals surface area contributed by atoms with Crippen molar-refractivity contribution in [1.82, 2.24) is 0 Å². The first-order valence-electron chi connectivity index (χ1n) is 3.88. The predicted molar refractivity (Wildman–Crippen MR) is 49.3 cm³/mol. The molecule has 5 heteroatoms. The highest BCUT2D eigenvalue weighted by molar-refractivity contribution is 5.76. The van der Waals surface area contributed by atoms with Crippen molar-refractivity contribution in [3.63, 3.8) is 0 Å². The minimum Gasteiger partial charge on any atom is -0.480 e. The third kappa shape index (κ3) is 2.78. The number of carboxylic acid groups (broad SMARTS) is 1. The highest BCUT2D eigenvalue weighted by Crippen LogP contribution is 2.22. The van der Waals surface area contributed by atoms with Crippen molar-refractivity contribution in [2.24, 2.45) is 0 Å². The van der Waals surface area contributed by atoms with Gasteiger partial charge in [-0.05, 0) is 12.1 Å². The fraction of sp³-hybridized carbons (Fsp3) is 0.111. The molecule has 0 saturated heterocycles. The molecule has 1 rings (SSSR count). The van der Waals surface area contributed by atoms with Crippen LogP contribution in [0, 0.1) is 0 Å². The van der Waals surface area contributed by atoms with Crippen LogP contribution in [0.4, 0.5) is 5.69 Å². The molecule has 0 unspecified atom stereocenters. The molecule has 1 aromatic carbocycles. The molecular formula is C9H9NO4. The van der Waals surface area contributed by atoms with Gasteiger partial charge in [-0.15, -0.1) is 0 Å². The van der Waals surface area contributed by atoms with Crippen LogP contribution >= 0.6 is 0 Å². The van der Waals surface area contributed by atoms with Gasteiger partial charge in [0.15, 0.2) is 6.61 Å². The van der Waals surface area contributed by atoms with E-state index >= 15 is 0 Å². The number of ether oxygens (including phenoxy) is 1. The Morgan fingerprint density at radius 2 is 2.21 bits per heavy atom. The molecule has 0 atom stereocenters. The highest BCUT2D eigenvalue weighted by Gasteiger charge is 2.03. The molecule has 14 heavy (non-hydrogen) atoms. The lowest BCUT2D eigenvalue weighted by Crippen LogP contribution is -2.10. The minimum absolute atomic E-state index is 0.335. The van der Waals surface area contributed by atoms with Crippen LogP contribution in [-0.2, 0) is 9.59 Å². The van der Waals surface area contributed by atoms with Crippen LogP contribution in [0.3, 0.4) is 0 Å². The molecule has 1 amide bonds. The molecule has 0 radical (unpaired) electrons. The average molecular weight is 195 g/mol. The van der Waals surface area contributed by atoms with E-state index in [1.807, 2.05) is 0 Å². The van der Waals surface area contributed by atoms with Crippen molar-refractivity contribution in [3.05, 3.63) is 24.3 Å². The molecule has 0 fully saturated rings. The third-order valence-corrected chi connectivity index (χ3v) is 1.45. The molecule has 0 aliphatic heterocycles. The summed E-state index contributed by atoms with van der Waals surface area (Å²) >= 11 is 0. The number of carboxylic acids is 1. The van der Waals surface area contributed by atoms with Gasteiger partial charge in [0.25, 0.3) is 0 Å². The van der Waals surface area contributed by atoms with Crippen molar-refractivity contribution < 1.29 is 19.4 Å². The van der Waals surface area contributed by atoms with Gasteiger partial charge in [0.2, 0.25) is 6.41 Å². The number of carbonyl (C=O) groups excluding carboxylic acids is 1. The maximum atomic E-state index is 10.2. The second-order valence-corrected chi connectivity index (χ2v) is 2.44. The topological polar surface area (TPSA) is 75.6 Å². The minimum atomic E-state index is -1.06. The van der Waals surface area contributed by atoms with Gasteiger partial charge in [-0.1, -0.05) is 12.1 Å². The summed E-state index contributed by atoms with van der Waals surface area (Å²) in [5.74, 6) is -0.729. The standard InChI is InChI=1S/C9H9NO4/c11-6-10-7-3-1-2-4-8(7)14-5-9(12)13/h1-4,6H,5H2,(H,10,11)(H,12,13). The van der Waals surface area contributed by atoms with Crippen molar-refractivity contribution in [3.8, 4) is 5.75 Å². The summed E-state index contributed by atoms with van der Waals surface area (Å²) in [6, 6.07) is 6.59. The third-order valence-electron chi connectivity index (χ3n) is 1.45. The fourth-order valence-electron chi connectivity index (χ4n) is 0.915. The van der Waals surface area contributed by atoms with E-state index in [4.69, 9.17) is 9.84 Å². The molecule has 0 aliphatic carbocycles. The van der Waals surface area contributed by atoms with Gasteiger partial charge in [0.1, 0.15) is 5.75 Å².